The molecule has 0 amide bonds. The van der Waals surface area contributed by atoms with Crippen LogP contribution >= 0.6 is 11.6 Å². The van der Waals surface area contributed by atoms with E-state index in [-0.39, 0.29) is 11.8 Å². The van der Waals surface area contributed by atoms with Gasteiger partial charge >= 0.3 is 0 Å². The molecule has 0 fully saturated rings. The van der Waals surface area contributed by atoms with Gasteiger partial charge in [-0.15, -0.1) is 0 Å². The molecule has 4 nitrogen and oxygen atoms in total. The Morgan fingerprint density at radius 2 is 1.85 bits per heavy atom. The Morgan fingerprint density at radius 1 is 1.00 bits per heavy atom. The van der Waals surface area contributed by atoms with Crippen LogP contribution in [0.4, 0.5) is 5.69 Å². The van der Waals surface area contributed by atoms with Crippen molar-refractivity contribution >= 4 is 28.2 Å². The van der Waals surface area contributed by atoms with E-state index in [4.69, 9.17) is 11.6 Å². The van der Waals surface area contributed by atoms with Gasteiger partial charge in [-0.05, 0) is 43.3 Å². The zero-order chi connectivity index (χ0) is 18.8. The molecule has 5 heteroatoms. The van der Waals surface area contributed by atoms with Gasteiger partial charge in [0.25, 0.3) is 0 Å². The van der Waals surface area contributed by atoms with Gasteiger partial charge in [0.1, 0.15) is 11.3 Å². The van der Waals surface area contributed by atoms with E-state index in [0.717, 1.165) is 22.5 Å². The summed E-state index contributed by atoms with van der Waals surface area (Å²) in [5.74, 6) is 0.154. The fourth-order valence-corrected chi connectivity index (χ4v) is 3.31. The second-order valence-electron chi connectivity index (χ2n) is 6.37. The number of benzene rings is 2. The first kappa shape index (κ1) is 17.3. The monoisotopic (exact) mass is 375 g/mol. The first-order chi connectivity index (χ1) is 13.1. The molecular weight excluding hydrogens is 358 g/mol. The molecule has 0 saturated heterocycles. The second-order valence-corrected chi connectivity index (χ2v) is 6.81. The predicted molar refractivity (Wildman–Crippen MR) is 109 cm³/mol. The average molecular weight is 376 g/mol. The van der Waals surface area contributed by atoms with Gasteiger partial charge < -0.3 is 10.4 Å². The molecule has 4 aromatic rings. The highest BCUT2D eigenvalue weighted by Crippen LogP contribution is 2.36. The summed E-state index contributed by atoms with van der Waals surface area (Å²) >= 11 is 6.13. The Balaban J connectivity index is 1.86. The molecule has 0 saturated carbocycles. The van der Waals surface area contributed by atoms with Crippen LogP contribution in [0.5, 0.6) is 5.75 Å². The third kappa shape index (κ3) is 3.57. The van der Waals surface area contributed by atoms with E-state index in [9.17, 15) is 5.11 Å². The van der Waals surface area contributed by atoms with Crippen molar-refractivity contribution in [3.8, 4) is 5.75 Å². The standard InChI is InChI=1S/C22H18ClN3O/c1-14-8-9-15-10-11-18(22(27)20(15)25-14)21(19-7-2-3-12-24-19)26-17-6-4-5-16(23)13-17/h2-13,21,26-27H,1H3. The third-order valence-corrected chi connectivity index (χ3v) is 4.67. The van der Waals surface area contributed by atoms with Gasteiger partial charge in [0.15, 0.2) is 0 Å². The van der Waals surface area contributed by atoms with Crippen LogP contribution in [0, 0.1) is 6.92 Å². The van der Waals surface area contributed by atoms with Gasteiger partial charge in [0, 0.05) is 33.6 Å². The summed E-state index contributed by atoms with van der Waals surface area (Å²) in [4.78, 5) is 9.00. The van der Waals surface area contributed by atoms with Gasteiger partial charge in [-0.25, -0.2) is 4.98 Å². The highest BCUT2D eigenvalue weighted by atomic mass is 35.5. The van der Waals surface area contributed by atoms with Crippen LogP contribution in [0.25, 0.3) is 10.9 Å². The highest BCUT2D eigenvalue weighted by Gasteiger charge is 2.21. The molecule has 2 heterocycles. The summed E-state index contributed by atoms with van der Waals surface area (Å²) < 4.78 is 0. The third-order valence-electron chi connectivity index (χ3n) is 4.44. The molecule has 0 aliphatic carbocycles. The zero-order valence-electron chi connectivity index (χ0n) is 14.7. The Morgan fingerprint density at radius 3 is 2.63 bits per heavy atom. The van der Waals surface area contributed by atoms with Crippen molar-refractivity contribution in [2.24, 2.45) is 0 Å². The predicted octanol–water partition coefficient (Wildman–Crippen LogP) is 5.50. The van der Waals surface area contributed by atoms with Crippen LogP contribution in [-0.4, -0.2) is 15.1 Å². The van der Waals surface area contributed by atoms with E-state index in [0.29, 0.717) is 16.1 Å². The molecule has 27 heavy (non-hydrogen) atoms. The lowest BCUT2D eigenvalue weighted by atomic mass is 9.99. The average Bonchev–Trinajstić information content (AvgIpc) is 2.68. The first-order valence-electron chi connectivity index (χ1n) is 8.64. The zero-order valence-corrected chi connectivity index (χ0v) is 15.5. The number of nitrogens with zero attached hydrogens (tertiary/aromatic N) is 2. The van der Waals surface area contributed by atoms with Gasteiger partial charge in [-0.3, -0.25) is 4.98 Å². The summed E-state index contributed by atoms with van der Waals surface area (Å²) in [5.41, 5.74) is 3.78. The van der Waals surface area contributed by atoms with Crippen LogP contribution in [0.15, 0.2) is 72.9 Å². The number of phenols is 1. The largest absolute Gasteiger partial charge is 0.505 e. The van der Waals surface area contributed by atoms with Crippen LogP contribution in [0.3, 0.4) is 0 Å². The Hall–Kier alpha value is -3.11. The molecule has 2 N–H and O–H groups in total. The number of phenolic OH excluding ortho intramolecular Hbond substituents is 1. The first-order valence-corrected chi connectivity index (χ1v) is 9.02. The van der Waals surface area contributed by atoms with E-state index in [1.807, 2.05) is 73.7 Å². The quantitative estimate of drug-likeness (QED) is 0.494. The number of nitrogens with one attached hydrogen (secondary N) is 1. The highest BCUT2D eigenvalue weighted by molar-refractivity contribution is 6.30. The minimum absolute atomic E-state index is 0.154. The van der Waals surface area contributed by atoms with E-state index >= 15 is 0 Å². The number of pyridine rings is 2. The number of aromatic nitrogens is 2. The SMILES string of the molecule is Cc1ccc2ccc(C(Nc3cccc(Cl)c3)c3ccccn3)c(O)c2n1. The molecule has 4 rings (SSSR count). The molecule has 0 aliphatic heterocycles. The number of fused-ring (bicyclic) bond motifs is 1. The normalized spacial score (nSPS) is 12.1. The number of hydrogen-bond acceptors (Lipinski definition) is 4. The summed E-state index contributed by atoms with van der Waals surface area (Å²) in [5, 5.41) is 16.0. The molecule has 134 valence electrons. The Bertz CT molecular complexity index is 1100. The van der Waals surface area contributed by atoms with E-state index in [1.165, 1.54) is 0 Å². The summed E-state index contributed by atoms with van der Waals surface area (Å²) in [6, 6.07) is 20.6. The van der Waals surface area contributed by atoms with Crippen LogP contribution in [0.1, 0.15) is 23.0 Å². The molecule has 1 atom stereocenters. The molecule has 2 aromatic heterocycles. The minimum Gasteiger partial charge on any atom is -0.505 e. The van der Waals surface area contributed by atoms with E-state index in [1.54, 1.807) is 6.20 Å². The number of rotatable bonds is 4. The maximum absolute atomic E-state index is 11.0. The summed E-state index contributed by atoms with van der Waals surface area (Å²) in [6.45, 7) is 1.91. The van der Waals surface area contributed by atoms with E-state index in [2.05, 4.69) is 15.3 Å². The van der Waals surface area contributed by atoms with Crippen molar-refractivity contribution in [3.05, 3.63) is 94.9 Å². The number of aromatic hydroxyl groups is 1. The summed E-state index contributed by atoms with van der Waals surface area (Å²) in [6.07, 6.45) is 1.74. The lowest BCUT2D eigenvalue weighted by molar-refractivity contribution is 0.471. The number of aryl methyl sites for hydroxylation is 1. The van der Waals surface area contributed by atoms with Gasteiger partial charge in [-0.1, -0.05) is 41.9 Å². The van der Waals surface area contributed by atoms with Crippen LogP contribution < -0.4 is 5.32 Å². The molecule has 0 bridgehead atoms. The van der Waals surface area contributed by atoms with E-state index < -0.39 is 0 Å². The van der Waals surface area contributed by atoms with Crippen molar-refractivity contribution in [2.75, 3.05) is 5.32 Å². The topological polar surface area (TPSA) is 58.0 Å². The number of halogens is 1. The maximum atomic E-state index is 11.0. The van der Waals surface area contributed by atoms with Crippen LogP contribution in [-0.2, 0) is 0 Å². The fraction of sp³-hybridized carbons (Fsp3) is 0.0909. The number of anilines is 1. The Kier molecular flexibility index (Phi) is 4.65. The second kappa shape index (κ2) is 7.25. The van der Waals surface area contributed by atoms with Gasteiger partial charge in [-0.2, -0.15) is 0 Å². The van der Waals surface area contributed by atoms with Crippen LogP contribution in [0.2, 0.25) is 5.02 Å². The van der Waals surface area contributed by atoms with Gasteiger partial charge in [0.05, 0.1) is 11.7 Å². The Labute approximate surface area is 162 Å². The fourth-order valence-electron chi connectivity index (χ4n) is 3.12. The molecule has 0 radical (unpaired) electrons. The molecule has 0 spiro atoms. The van der Waals surface area contributed by atoms with Crippen molar-refractivity contribution in [2.45, 2.75) is 13.0 Å². The van der Waals surface area contributed by atoms with Crippen molar-refractivity contribution in [1.82, 2.24) is 9.97 Å². The number of hydrogen-bond donors (Lipinski definition) is 2. The van der Waals surface area contributed by atoms with Crippen molar-refractivity contribution in [3.63, 3.8) is 0 Å². The molecule has 2 aromatic carbocycles. The molecule has 1 unspecified atom stereocenters. The molecule has 0 aliphatic rings. The maximum Gasteiger partial charge on any atom is 0.147 e. The summed E-state index contributed by atoms with van der Waals surface area (Å²) in [7, 11) is 0. The molecular formula is C22H18ClN3O. The van der Waals surface area contributed by atoms with Crippen molar-refractivity contribution in [1.29, 1.82) is 0 Å². The smallest absolute Gasteiger partial charge is 0.147 e. The minimum atomic E-state index is -0.351. The van der Waals surface area contributed by atoms with Crippen molar-refractivity contribution < 1.29 is 5.11 Å². The lowest BCUT2D eigenvalue weighted by Crippen LogP contribution is -2.14. The van der Waals surface area contributed by atoms with Gasteiger partial charge in [0.2, 0.25) is 0 Å². The lowest BCUT2D eigenvalue weighted by Gasteiger charge is -2.22.